The Morgan fingerprint density at radius 3 is 1.33 bits per heavy atom. The lowest BCUT2D eigenvalue weighted by Crippen LogP contribution is -2.06. The van der Waals surface area contributed by atoms with E-state index in [0.717, 1.165) is 6.08 Å². The first-order valence-electron chi connectivity index (χ1n) is 5.44. The molecule has 21 heavy (non-hydrogen) atoms. The molecule has 5 N–H and O–H groups in total. The van der Waals surface area contributed by atoms with Gasteiger partial charge in [-0.1, -0.05) is 18.7 Å². The van der Waals surface area contributed by atoms with Crippen LogP contribution in [0.3, 0.4) is 0 Å². The molecule has 0 bridgehead atoms. The summed E-state index contributed by atoms with van der Waals surface area (Å²) in [4.78, 5) is 30.2. The maximum atomic E-state index is 10.5. The quantitative estimate of drug-likeness (QED) is 0.498. The minimum atomic E-state index is -1.23. The highest BCUT2D eigenvalue weighted by molar-refractivity contribution is 6.01. The molecule has 0 fully saturated rings. The first kappa shape index (κ1) is 20.6. The third-order valence-electron chi connectivity index (χ3n) is 1.66. The average Bonchev–Trinajstić information content (AvgIpc) is 2.47. The van der Waals surface area contributed by atoms with E-state index in [2.05, 4.69) is 6.58 Å². The smallest absolute Gasteiger partial charge is 0.336 e. The number of carboxylic acids is 3. The van der Waals surface area contributed by atoms with Crippen molar-refractivity contribution >= 4 is 17.9 Å². The summed E-state index contributed by atoms with van der Waals surface area (Å²) in [6.07, 6.45) is 0.833. The van der Waals surface area contributed by atoms with Crippen molar-refractivity contribution in [2.45, 2.75) is 0 Å². The fraction of sp³-hybridized carbons (Fsp3) is 0.154. The van der Waals surface area contributed by atoms with Crippen LogP contribution in [-0.2, 0) is 4.79 Å². The van der Waals surface area contributed by atoms with E-state index in [4.69, 9.17) is 25.5 Å². The number of hydrogen-bond acceptors (Lipinski definition) is 5. The molecule has 116 valence electrons. The fourth-order valence-corrected chi connectivity index (χ4v) is 0.856. The lowest BCUT2D eigenvalue weighted by atomic mass is 10.1. The molecule has 1 aromatic rings. The molecule has 0 atom stereocenters. The van der Waals surface area contributed by atoms with E-state index in [1.54, 1.807) is 0 Å². The van der Waals surface area contributed by atoms with E-state index < -0.39 is 17.9 Å². The van der Waals surface area contributed by atoms with Crippen LogP contribution in [0.15, 0.2) is 36.9 Å². The van der Waals surface area contributed by atoms with E-state index in [9.17, 15) is 14.4 Å². The average molecular weight is 300 g/mol. The molecule has 0 amide bonds. The van der Waals surface area contributed by atoms with Gasteiger partial charge < -0.3 is 25.5 Å². The van der Waals surface area contributed by atoms with Gasteiger partial charge in [0.1, 0.15) is 0 Å². The molecule has 0 saturated heterocycles. The molecule has 0 aliphatic rings. The van der Waals surface area contributed by atoms with Gasteiger partial charge >= 0.3 is 17.9 Å². The monoisotopic (exact) mass is 300 g/mol. The number of aliphatic carboxylic acids is 1. The van der Waals surface area contributed by atoms with Crippen molar-refractivity contribution in [1.82, 2.24) is 0 Å². The predicted molar refractivity (Wildman–Crippen MR) is 72.4 cm³/mol. The zero-order chi connectivity index (χ0) is 16.8. The Bertz CT molecular complexity index is 446. The van der Waals surface area contributed by atoms with Crippen LogP contribution < -0.4 is 0 Å². The van der Waals surface area contributed by atoms with Gasteiger partial charge in [0.15, 0.2) is 0 Å². The number of benzene rings is 1. The summed E-state index contributed by atoms with van der Waals surface area (Å²) in [6, 6.07) is 5.48. The Kier molecular flexibility index (Phi) is 12.1. The number of aliphatic hydroxyl groups excluding tert-OH is 2. The molecule has 0 unspecified atom stereocenters. The van der Waals surface area contributed by atoms with Crippen LogP contribution in [0.5, 0.6) is 0 Å². The van der Waals surface area contributed by atoms with Crippen molar-refractivity contribution in [3.05, 3.63) is 48.0 Å². The molecule has 0 radical (unpaired) electrons. The molecule has 0 spiro atoms. The van der Waals surface area contributed by atoms with Crippen LogP contribution in [0.1, 0.15) is 20.7 Å². The first-order chi connectivity index (χ1) is 9.81. The van der Waals surface area contributed by atoms with Gasteiger partial charge in [-0.15, -0.1) is 0 Å². The summed E-state index contributed by atoms with van der Waals surface area (Å²) in [6.45, 7) is 2.71. The second-order valence-electron chi connectivity index (χ2n) is 3.15. The van der Waals surface area contributed by atoms with Crippen molar-refractivity contribution in [1.29, 1.82) is 0 Å². The third kappa shape index (κ3) is 10.9. The fourth-order valence-electron chi connectivity index (χ4n) is 0.856. The largest absolute Gasteiger partial charge is 0.478 e. The van der Waals surface area contributed by atoms with Crippen LogP contribution in [0, 0.1) is 0 Å². The van der Waals surface area contributed by atoms with Gasteiger partial charge in [0.05, 0.1) is 24.3 Å². The second kappa shape index (κ2) is 12.3. The zero-order valence-corrected chi connectivity index (χ0v) is 11.0. The van der Waals surface area contributed by atoms with Crippen LogP contribution in [0.2, 0.25) is 0 Å². The number of hydrogen-bond donors (Lipinski definition) is 5. The highest BCUT2D eigenvalue weighted by atomic mass is 16.4. The zero-order valence-electron chi connectivity index (χ0n) is 11.0. The number of carbonyl (C=O) groups is 3. The number of carboxylic acid groups (broad SMARTS) is 3. The third-order valence-corrected chi connectivity index (χ3v) is 1.66. The molecule has 8 nitrogen and oxygen atoms in total. The summed E-state index contributed by atoms with van der Waals surface area (Å²) < 4.78 is 0. The second-order valence-corrected chi connectivity index (χ2v) is 3.15. The standard InChI is InChI=1S/C8H6O4.C3H4O2.C2H6O2/c9-7(10)5-3-1-2-4-6(5)8(11)12;1-2-3(4)5;3-1-2-4/h1-4H,(H,9,10)(H,11,12);2H,1H2,(H,4,5);3-4H,1-2H2. The molecule has 0 aliphatic carbocycles. The molecular weight excluding hydrogens is 284 g/mol. The Balaban J connectivity index is 0. The topological polar surface area (TPSA) is 152 Å². The molecule has 0 saturated carbocycles. The molecule has 0 aromatic heterocycles. The van der Waals surface area contributed by atoms with Gasteiger partial charge in [0, 0.05) is 6.08 Å². The first-order valence-corrected chi connectivity index (χ1v) is 5.44. The van der Waals surface area contributed by atoms with E-state index in [1.165, 1.54) is 24.3 Å². The maximum Gasteiger partial charge on any atom is 0.336 e. The molecule has 0 heterocycles. The normalized spacial score (nSPS) is 8.29. The van der Waals surface area contributed by atoms with Crippen LogP contribution in [0.25, 0.3) is 0 Å². The van der Waals surface area contributed by atoms with E-state index in [-0.39, 0.29) is 24.3 Å². The molecular formula is C13H16O8. The Morgan fingerprint density at radius 1 is 0.905 bits per heavy atom. The SMILES string of the molecule is C=CC(=O)O.O=C(O)c1ccccc1C(=O)O.OCCO. The summed E-state index contributed by atoms with van der Waals surface area (Å²) >= 11 is 0. The Labute approximate surface area is 120 Å². The maximum absolute atomic E-state index is 10.5. The van der Waals surface area contributed by atoms with Gasteiger partial charge in [-0.25, -0.2) is 14.4 Å². The lowest BCUT2D eigenvalue weighted by Gasteiger charge is -1.98. The molecule has 0 aliphatic heterocycles. The van der Waals surface area contributed by atoms with Gasteiger partial charge in [-0.3, -0.25) is 0 Å². The van der Waals surface area contributed by atoms with Crippen LogP contribution >= 0.6 is 0 Å². The van der Waals surface area contributed by atoms with Gasteiger partial charge in [-0.05, 0) is 12.1 Å². The lowest BCUT2D eigenvalue weighted by molar-refractivity contribution is -0.131. The highest BCUT2D eigenvalue weighted by Gasteiger charge is 2.13. The summed E-state index contributed by atoms with van der Waals surface area (Å²) in [5, 5.41) is 40.0. The van der Waals surface area contributed by atoms with Gasteiger partial charge in [0.2, 0.25) is 0 Å². The molecule has 8 heteroatoms. The molecule has 1 aromatic carbocycles. The summed E-state index contributed by atoms with van der Waals surface area (Å²) in [7, 11) is 0. The Hall–Kier alpha value is -2.71. The minimum Gasteiger partial charge on any atom is -0.478 e. The van der Waals surface area contributed by atoms with Crippen LogP contribution in [-0.4, -0.2) is 56.7 Å². The van der Waals surface area contributed by atoms with Crippen molar-refractivity contribution < 1.29 is 39.9 Å². The van der Waals surface area contributed by atoms with Crippen LogP contribution in [0.4, 0.5) is 0 Å². The van der Waals surface area contributed by atoms with E-state index in [1.807, 2.05) is 0 Å². The molecule has 1 rings (SSSR count). The van der Waals surface area contributed by atoms with Crippen molar-refractivity contribution in [3.63, 3.8) is 0 Å². The number of rotatable bonds is 4. The summed E-state index contributed by atoms with van der Waals surface area (Å²) in [5.74, 6) is -3.44. The minimum absolute atomic E-state index is 0.125. The van der Waals surface area contributed by atoms with E-state index >= 15 is 0 Å². The predicted octanol–water partition coefficient (Wildman–Crippen LogP) is 0.311. The van der Waals surface area contributed by atoms with Crippen molar-refractivity contribution in [2.75, 3.05) is 13.2 Å². The van der Waals surface area contributed by atoms with Gasteiger partial charge in [0.25, 0.3) is 0 Å². The van der Waals surface area contributed by atoms with Gasteiger partial charge in [-0.2, -0.15) is 0 Å². The highest BCUT2D eigenvalue weighted by Crippen LogP contribution is 2.07. The summed E-state index contributed by atoms with van der Waals surface area (Å²) in [5.41, 5.74) is -0.380. The van der Waals surface area contributed by atoms with E-state index in [0.29, 0.717) is 0 Å². The van der Waals surface area contributed by atoms with Crippen molar-refractivity contribution in [2.24, 2.45) is 0 Å². The number of aliphatic hydroxyl groups is 2. The van der Waals surface area contributed by atoms with Crippen molar-refractivity contribution in [3.8, 4) is 0 Å². The number of aromatic carboxylic acids is 2. The Morgan fingerprint density at radius 2 is 1.19 bits per heavy atom.